The lowest BCUT2D eigenvalue weighted by atomic mass is 9.96. The Bertz CT molecular complexity index is 939. The lowest BCUT2D eigenvalue weighted by Crippen LogP contribution is -2.29. The van der Waals surface area contributed by atoms with Crippen LogP contribution in [-0.4, -0.2) is 39.4 Å². The Balaban J connectivity index is 1.38. The van der Waals surface area contributed by atoms with E-state index in [0.29, 0.717) is 13.2 Å². The highest BCUT2D eigenvalue weighted by Gasteiger charge is 2.24. The molecule has 2 heterocycles. The quantitative estimate of drug-likeness (QED) is 0.205. The molecule has 0 unspecified atom stereocenters. The molecule has 4 rings (SSSR count). The van der Waals surface area contributed by atoms with Crippen LogP contribution in [0.25, 0.3) is 0 Å². The number of benzene rings is 2. The van der Waals surface area contributed by atoms with Gasteiger partial charge in [0, 0.05) is 43.0 Å². The van der Waals surface area contributed by atoms with Crippen LogP contribution < -0.4 is 19.3 Å². The molecule has 176 valence electrons. The summed E-state index contributed by atoms with van der Waals surface area (Å²) >= 11 is 9.56. The maximum Gasteiger partial charge on any atom is 0.146 e. The van der Waals surface area contributed by atoms with E-state index in [4.69, 9.17) is 9.47 Å². The molecule has 33 heavy (non-hydrogen) atoms. The topological polar surface area (TPSA) is 24.9 Å². The van der Waals surface area contributed by atoms with E-state index < -0.39 is 0 Å². The number of halogens is 4. The van der Waals surface area contributed by atoms with Crippen LogP contribution in [0.4, 0.5) is 11.4 Å². The monoisotopic (exact) mass is 894 g/mol. The first-order chi connectivity index (χ1) is 15.7. The highest BCUT2D eigenvalue weighted by molar-refractivity contribution is 14.1. The van der Waals surface area contributed by atoms with Crippen molar-refractivity contribution in [3.63, 3.8) is 0 Å². The Morgan fingerprint density at radius 3 is 1.24 bits per heavy atom. The van der Waals surface area contributed by atoms with E-state index in [1.165, 1.54) is 11.4 Å². The minimum absolute atomic E-state index is 0.132. The molecular formula is C25H26I4N2O2. The van der Waals surface area contributed by atoms with Gasteiger partial charge in [0.05, 0.1) is 27.5 Å². The summed E-state index contributed by atoms with van der Waals surface area (Å²) in [5.41, 5.74) is 2.37. The fourth-order valence-electron chi connectivity index (χ4n) is 3.69. The third kappa shape index (κ3) is 6.63. The molecule has 0 atom stereocenters. The maximum atomic E-state index is 6.34. The van der Waals surface area contributed by atoms with E-state index in [-0.39, 0.29) is 5.41 Å². The molecule has 0 saturated heterocycles. The zero-order valence-electron chi connectivity index (χ0n) is 18.6. The van der Waals surface area contributed by atoms with Gasteiger partial charge in [0.25, 0.3) is 0 Å². The molecule has 0 saturated carbocycles. The summed E-state index contributed by atoms with van der Waals surface area (Å²) in [6, 6.07) is 8.88. The van der Waals surface area contributed by atoms with Crippen LogP contribution >= 0.6 is 90.4 Å². The van der Waals surface area contributed by atoms with E-state index in [0.717, 1.165) is 52.0 Å². The first-order valence-electron chi connectivity index (χ1n) is 10.8. The second-order valence-electron chi connectivity index (χ2n) is 8.97. The zero-order chi connectivity index (χ0) is 23.6. The van der Waals surface area contributed by atoms with E-state index >= 15 is 0 Å². The summed E-state index contributed by atoms with van der Waals surface area (Å²) in [4.78, 5) is 4.72. The van der Waals surface area contributed by atoms with Crippen molar-refractivity contribution in [1.82, 2.24) is 0 Å². The van der Waals surface area contributed by atoms with Gasteiger partial charge in [-0.1, -0.05) is 38.2 Å². The van der Waals surface area contributed by atoms with Crippen LogP contribution in [-0.2, 0) is 0 Å². The first kappa shape index (κ1) is 26.1. The van der Waals surface area contributed by atoms with Crippen LogP contribution in [0.3, 0.4) is 0 Å². The molecule has 2 aromatic rings. The van der Waals surface area contributed by atoms with Crippen LogP contribution in [0, 0.1) is 19.7 Å². The number of nitrogens with zero attached hydrogens (tertiary/aromatic N) is 2. The van der Waals surface area contributed by atoms with Gasteiger partial charge in [-0.3, -0.25) is 0 Å². The van der Waals surface area contributed by atoms with Gasteiger partial charge in [-0.25, -0.2) is 0 Å². The van der Waals surface area contributed by atoms with Crippen molar-refractivity contribution in [1.29, 1.82) is 0 Å². The Kier molecular flexibility index (Phi) is 9.02. The standard InChI is InChI=1S/C25H26I4N2O2/c1-25(2,15-32-23-19(26)11-17(12-20(23)27)30-7-3-4-8-30)16-33-24-21(28)13-18(14-22(24)29)31-9-5-6-10-31/h3-6,11-14H,7-10,15-16H2,1-2H3. The number of hydrogen-bond acceptors (Lipinski definition) is 4. The Hall–Kier alpha value is 0.0400. The normalized spacial score (nSPS) is 15.6. The van der Waals surface area contributed by atoms with E-state index in [1.54, 1.807) is 0 Å². The fraction of sp³-hybridized carbons (Fsp3) is 0.360. The molecule has 0 aliphatic carbocycles. The highest BCUT2D eigenvalue weighted by atomic mass is 127. The molecule has 0 radical (unpaired) electrons. The molecule has 0 fully saturated rings. The molecule has 2 aromatic carbocycles. The Morgan fingerprint density at radius 2 is 0.939 bits per heavy atom. The predicted molar refractivity (Wildman–Crippen MR) is 171 cm³/mol. The highest BCUT2D eigenvalue weighted by Crippen LogP contribution is 2.36. The SMILES string of the molecule is CC(C)(COc1c(I)cc(N2CC=CC2)cc1I)COc1c(I)cc(N2CC=CC2)cc1I. The summed E-state index contributed by atoms with van der Waals surface area (Å²) in [7, 11) is 0. The minimum atomic E-state index is -0.132. The van der Waals surface area contributed by atoms with Gasteiger partial charge in [-0.05, 0) is 115 Å². The summed E-state index contributed by atoms with van der Waals surface area (Å²) in [6.07, 6.45) is 8.86. The van der Waals surface area contributed by atoms with Crippen LogP contribution in [0.1, 0.15) is 13.8 Å². The average Bonchev–Trinajstić information content (AvgIpc) is 3.46. The molecular weight excluding hydrogens is 868 g/mol. The molecule has 2 aliphatic heterocycles. The molecule has 8 heteroatoms. The van der Waals surface area contributed by atoms with Crippen molar-refractivity contribution in [3.8, 4) is 11.5 Å². The number of hydrogen-bond donors (Lipinski definition) is 0. The third-order valence-corrected chi connectivity index (χ3v) is 8.75. The molecule has 4 nitrogen and oxygen atoms in total. The molecule has 0 N–H and O–H groups in total. The van der Waals surface area contributed by atoms with Crippen molar-refractivity contribution >= 4 is 102 Å². The van der Waals surface area contributed by atoms with Gasteiger partial charge in [-0.15, -0.1) is 0 Å². The maximum absolute atomic E-state index is 6.34. The smallest absolute Gasteiger partial charge is 0.146 e. The number of anilines is 2. The second-order valence-corrected chi connectivity index (χ2v) is 13.6. The first-order valence-corrected chi connectivity index (χ1v) is 15.1. The van der Waals surface area contributed by atoms with Crippen molar-refractivity contribution in [2.45, 2.75) is 13.8 Å². The summed E-state index contributed by atoms with van der Waals surface area (Å²) in [5, 5.41) is 0. The summed E-state index contributed by atoms with van der Waals surface area (Å²) in [5.74, 6) is 1.93. The average molecular weight is 894 g/mol. The van der Waals surface area contributed by atoms with Crippen molar-refractivity contribution in [2.24, 2.45) is 5.41 Å². The molecule has 0 bridgehead atoms. The van der Waals surface area contributed by atoms with Crippen LogP contribution in [0.5, 0.6) is 11.5 Å². The van der Waals surface area contributed by atoms with Gasteiger partial charge in [-0.2, -0.15) is 0 Å². The van der Waals surface area contributed by atoms with Crippen LogP contribution in [0.15, 0.2) is 48.6 Å². The number of ether oxygens (including phenoxy) is 2. The van der Waals surface area contributed by atoms with Gasteiger partial charge >= 0.3 is 0 Å². The Labute approximate surface area is 251 Å². The lowest BCUT2D eigenvalue weighted by Gasteiger charge is -2.27. The van der Waals surface area contributed by atoms with Crippen molar-refractivity contribution in [2.75, 3.05) is 49.2 Å². The van der Waals surface area contributed by atoms with Crippen LogP contribution in [0.2, 0.25) is 0 Å². The number of rotatable bonds is 8. The lowest BCUT2D eigenvalue weighted by molar-refractivity contribution is 0.108. The summed E-state index contributed by atoms with van der Waals surface area (Å²) < 4.78 is 17.3. The third-order valence-electron chi connectivity index (χ3n) is 5.55. The Morgan fingerprint density at radius 1 is 0.636 bits per heavy atom. The fourth-order valence-corrected chi connectivity index (χ4v) is 7.78. The van der Waals surface area contributed by atoms with Gasteiger partial charge in [0.15, 0.2) is 0 Å². The molecule has 0 aromatic heterocycles. The largest absolute Gasteiger partial charge is 0.491 e. The zero-order valence-corrected chi connectivity index (χ0v) is 27.2. The second kappa shape index (κ2) is 11.4. The van der Waals surface area contributed by atoms with Gasteiger partial charge in [0.2, 0.25) is 0 Å². The van der Waals surface area contributed by atoms with E-state index in [2.05, 4.69) is 163 Å². The van der Waals surface area contributed by atoms with Gasteiger partial charge in [0.1, 0.15) is 11.5 Å². The van der Waals surface area contributed by atoms with E-state index in [1.807, 2.05) is 0 Å². The molecule has 0 amide bonds. The van der Waals surface area contributed by atoms with Crippen molar-refractivity contribution < 1.29 is 9.47 Å². The molecule has 0 spiro atoms. The van der Waals surface area contributed by atoms with Crippen molar-refractivity contribution in [3.05, 3.63) is 62.9 Å². The van der Waals surface area contributed by atoms with Gasteiger partial charge < -0.3 is 19.3 Å². The summed E-state index contributed by atoms with van der Waals surface area (Å²) in [6.45, 7) is 9.48. The minimum Gasteiger partial charge on any atom is -0.491 e. The van der Waals surface area contributed by atoms with E-state index in [9.17, 15) is 0 Å². The molecule has 2 aliphatic rings. The predicted octanol–water partition coefficient (Wildman–Crippen LogP) is 7.34.